The Bertz CT molecular complexity index is 426. The molecule has 0 bridgehead atoms. The van der Waals surface area contributed by atoms with Gasteiger partial charge in [-0.2, -0.15) is 5.26 Å². The topological polar surface area (TPSA) is 82.3 Å². The highest BCUT2D eigenvalue weighted by atomic mass is 16.5. The Kier molecular flexibility index (Phi) is 4.98. The lowest BCUT2D eigenvalue weighted by Crippen LogP contribution is -2.33. The van der Waals surface area contributed by atoms with Gasteiger partial charge in [-0.3, -0.25) is 4.79 Å². The fourth-order valence-corrected chi connectivity index (χ4v) is 1.25. The quantitative estimate of drug-likeness (QED) is 0.771. The first-order valence-corrected chi connectivity index (χ1v) is 5.19. The predicted molar refractivity (Wildman–Crippen MR) is 61.5 cm³/mol. The highest BCUT2D eigenvalue weighted by molar-refractivity contribution is 5.72. The van der Waals surface area contributed by atoms with Crippen molar-refractivity contribution in [3.05, 3.63) is 29.8 Å². The Balaban J connectivity index is 2.64. The Morgan fingerprint density at radius 1 is 1.59 bits per heavy atom. The minimum Gasteiger partial charge on any atom is -0.480 e. The van der Waals surface area contributed by atoms with Crippen molar-refractivity contribution < 1.29 is 14.6 Å². The molecular formula is C12H14N2O3. The van der Waals surface area contributed by atoms with Crippen LogP contribution in [0.2, 0.25) is 0 Å². The van der Waals surface area contributed by atoms with Crippen LogP contribution in [0.25, 0.3) is 0 Å². The molecule has 1 rings (SSSR count). The number of hydrogen-bond acceptors (Lipinski definition) is 4. The molecule has 0 fully saturated rings. The molecule has 0 radical (unpaired) electrons. The smallest absolute Gasteiger partial charge is 0.320 e. The summed E-state index contributed by atoms with van der Waals surface area (Å²) in [7, 11) is 0. The lowest BCUT2D eigenvalue weighted by atomic mass is 10.2. The van der Waals surface area contributed by atoms with Gasteiger partial charge in [-0.05, 0) is 13.0 Å². The molecule has 0 aliphatic carbocycles. The average molecular weight is 234 g/mol. The van der Waals surface area contributed by atoms with Crippen LogP contribution in [-0.2, 0) is 11.3 Å². The molecule has 5 heteroatoms. The summed E-state index contributed by atoms with van der Waals surface area (Å²) in [5.74, 6) is -0.306. The fraction of sp³-hybridized carbons (Fsp3) is 0.333. The minimum absolute atomic E-state index is 0.0223. The molecule has 0 unspecified atom stereocenters. The van der Waals surface area contributed by atoms with Crippen molar-refractivity contribution in [1.29, 1.82) is 5.26 Å². The van der Waals surface area contributed by atoms with E-state index in [0.717, 1.165) is 5.56 Å². The maximum atomic E-state index is 10.6. The first-order chi connectivity index (χ1) is 8.15. The van der Waals surface area contributed by atoms with Crippen molar-refractivity contribution in [3.63, 3.8) is 0 Å². The van der Waals surface area contributed by atoms with Gasteiger partial charge in [0.15, 0.2) is 6.61 Å². The number of benzene rings is 1. The summed E-state index contributed by atoms with van der Waals surface area (Å²) >= 11 is 0. The van der Waals surface area contributed by atoms with Crippen LogP contribution in [0.4, 0.5) is 0 Å². The van der Waals surface area contributed by atoms with Gasteiger partial charge in [-0.1, -0.05) is 18.2 Å². The van der Waals surface area contributed by atoms with E-state index in [2.05, 4.69) is 5.32 Å². The van der Waals surface area contributed by atoms with E-state index in [1.54, 1.807) is 19.1 Å². The summed E-state index contributed by atoms with van der Waals surface area (Å²) in [6, 6.07) is 8.48. The van der Waals surface area contributed by atoms with Crippen molar-refractivity contribution in [3.8, 4) is 11.8 Å². The second-order valence-electron chi connectivity index (χ2n) is 3.50. The first kappa shape index (κ1) is 13.0. The summed E-state index contributed by atoms with van der Waals surface area (Å²) in [6.45, 7) is 1.93. The Labute approximate surface area is 99.6 Å². The largest absolute Gasteiger partial charge is 0.480 e. The van der Waals surface area contributed by atoms with E-state index < -0.39 is 12.0 Å². The van der Waals surface area contributed by atoms with E-state index in [1.165, 1.54) is 0 Å². The van der Waals surface area contributed by atoms with Gasteiger partial charge in [-0.25, -0.2) is 0 Å². The van der Waals surface area contributed by atoms with Crippen molar-refractivity contribution in [2.24, 2.45) is 0 Å². The van der Waals surface area contributed by atoms with Gasteiger partial charge in [-0.15, -0.1) is 0 Å². The normalized spacial score (nSPS) is 11.5. The molecule has 1 aromatic rings. The highest BCUT2D eigenvalue weighted by Crippen LogP contribution is 2.17. The standard InChI is InChI=1S/C12H14N2O3/c1-9(12(15)16)14-8-10-4-2-3-5-11(10)17-7-6-13/h2-5,9,14H,7-8H2,1H3,(H,15,16)/t9-/m1/s1. The molecule has 90 valence electrons. The van der Waals surface area contributed by atoms with E-state index in [-0.39, 0.29) is 6.61 Å². The lowest BCUT2D eigenvalue weighted by molar-refractivity contribution is -0.139. The van der Waals surface area contributed by atoms with Gasteiger partial charge in [0.05, 0.1) is 0 Å². The number of carbonyl (C=O) groups is 1. The third-order valence-corrected chi connectivity index (χ3v) is 2.23. The lowest BCUT2D eigenvalue weighted by Gasteiger charge is -2.12. The number of ether oxygens (including phenoxy) is 1. The fourth-order valence-electron chi connectivity index (χ4n) is 1.25. The number of aliphatic carboxylic acids is 1. The van der Waals surface area contributed by atoms with E-state index in [1.807, 2.05) is 18.2 Å². The highest BCUT2D eigenvalue weighted by Gasteiger charge is 2.10. The number of nitrogens with one attached hydrogen (secondary N) is 1. The van der Waals surface area contributed by atoms with Gasteiger partial charge in [0, 0.05) is 12.1 Å². The molecule has 0 amide bonds. The average Bonchev–Trinajstić information content (AvgIpc) is 2.34. The number of hydrogen-bond donors (Lipinski definition) is 2. The summed E-state index contributed by atoms with van der Waals surface area (Å²) in [5, 5.41) is 20.0. The molecule has 0 saturated carbocycles. The number of carboxylic acid groups (broad SMARTS) is 1. The summed E-state index contributed by atoms with van der Waals surface area (Å²) in [6.07, 6.45) is 0. The number of nitriles is 1. The molecule has 17 heavy (non-hydrogen) atoms. The second kappa shape index (κ2) is 6.51. The van der Waals surface area contributed by atoms with Gasteiger partial charge in [0.25, 0.3) is 0 Å². The van der Waals surface area contributed by atoms with Crippen molar-refractivity contribution in [2.75, 3.05) is 6.61 Å². The van der Waals surface area contributed by atoms with Gasteiger partial charge >= 0.3 is 5.97 Å². The SMILES string of the molecule is C[C@@H](NCc1ccccc1OCC#N)C(=O)O. The molecule has 1 aromatic carbocycles. The van der Waals surface area contributed by atoms with Crippen LogP contribution in [0.3, 0.4) is 0 Å². The maximum Gasteiger partial charge on any atom is 0.320 e. The summed E-state index contributed by atoms with van der Waals surface area (Å²) < 4.78 is 5.23. The monoisotopic (exact) mass is 234 g/mol. The Hall–Kier alpha value is -2.06. The molecule has 0 aromatic heterocycles. The molecule has 2 N–H and O–H groups in total. The molecule has 0 aliphatic heterocycles. The van der Waals surface area contributed by atoms with E-state index in [4.69, 9.17) is 15.1 Å². The number of para-hydroxylation sites is 1. The zero-order chi connectivity index (χ0) is 12.7. The van der Waals surface area contributed by atoms with Crippen molar-refractivity contribution in [2.45, 2.75) is 19.5 Å². The number of rotatable bonds is 6. The van der Waals surface area contributed by atoms with Crippen LogP contribution in [0.1, 0.15) is 12.5 Å². The molecule has 1 atom stereocenters. The van der Waals surface area contributed by atoms with Crippen molar-refractivity contribution in [1.82, 2.24) is 5.32 Å². The number of carboxylic acids is 1. The van der Waals surface area contributed by atoms with Crippen LogP contribution in [-0.4, -0.2) is 23.7 Å². The second-order valence-corrected chi connectivity index (χ2v) is 3.50. The van der Waals surface area contributed by atoms with E-state index in [0.29, 0.717) is 12.3 Å². The third-order valence-electron chi connectivity index (χ3n) is 2.23. The summed E-state index contributed by atoms with van der Waals surface area (Å²) in [4.78, 5) is 10.6. The molecule has 0 heterocycles. The van der Waals surface area contributed by atoms with Crippen LogP contribution in [0, 0.1) is 11.3 Å². The summed E-state index contributed by atoms with van der Waals surface area (Å²) in [5.41, 5.74) is 0.829. The zero-order valence-electron chi connectivity index (χ0n) is 9.51. The van der Waals surface area contributed by atoms with Gasteiger partial charge in [0.1, 0.15) is 17.9 Å². The third kappa shape index (κ3) is 4.13. The van der Waals surface area contributed by atoms with E-state index in [9.17, 15) is 4.79 Å². The van der Waals surface area contributed by atoms with Crippen LogP contribution in [0.5, 0.6) is 5.75 Å². The first-order valence-electron chi connectivity index (χ1n) is 5.19. The molecule has 0 spiro atoms. The predicted octanol–water partition coefficient (Wildman–Crippen LogP) is 1.15. The van der Waals surface area contributed by atoms with Crippen LogP contribution >= 0.6 is 0 Å². The molecule has 0 saturated heterocycles. The molecule has 5 nitrogen and oxygen atoms in total. The van der Waals surface area contributed by atoms with Crippen LogP contribution < -0.4 is 10.1 Å². The Morgan fingerprint density at radius 3 is 2.94 bits per heavy atom. The number of nitrogens with zero attached hydrogens (tertiary/aromatic N) is 1. The molecule has 0 aliphatic rings. The van der Waals surface area contributed by atoms with Crippen LogP contribution in [0.15, 0.2) is 24.3 Å². The molecular weight excluding hydrogens is 220 g/mol. The van der Waals surface area contributed by atoms with Crippen molar-refractivity contribution >= 4 is 5.97 Å². The maximum absolute atomic E-state index is 10.6. The van der Waals surface area contributed by atoms with Gasteiger partial charge < -0.3 is 15.2 Å². The Morgan fingerprint density at radius 2 is 2.29 bits per heavy atom. The van der Waals surface area contributed by atoms with E-state index >= 15 is 0 Å². The minimum atomic E-state index is -0.902. The van der Waals surface area contributed by atoms with Gasteiger partial charge in [0.2, 0.25) is 0 Å². The zero-order valence-corrected chi connectivity index (χ0v) is 9.51.